The number of hydrogen-bond donors (Lipinski definition) is 1. The third kappa shape index (κ3) is 5.92. The van der Waals surface area contributed by atoms with Gasteiger partial charge >= 0.3 is 0 Å². The fraction of sp³-hybridized carbons (Fsp3) is 0.593. The van der Waals surface area contributed by atoms with Gasteiger partial charge < -0.3 is 20.1 Å². The van der Waals surface area contributed by atoms with Crippen LogP contribution in [0.2, 0.25) is 0 Å². The molecule has 8 heteroatoms. The van der Waals surface area contributed by atoms with Crippen molar-refractivity contribution in [3.8, 4) is 11.6 Å². The summed E-state index contributed by atoms with van der Waals surface area (Å²) in [4.78, 5) is 22.6. The van der Waals surface area contributed by atoms with Gasteiger partial charge in [-0.2, -0.15) is 9.37 Å². The highest BCUT2D eigenvalue weighted by molar-refractivity contribution is 5.82. The predicted octanol–water partition coefficient (Wildman–Crippen LogP) is 4.25. The van der Waals surface area contributed by atoms with E-state index in [1.165, 1.54) is 6.33 Å². The first-order valence-corrected chi connectivity index (χ1v) is 12.9. The molecule has 1 saturated heterocycles. The van der Waals surface area contributed by atoms with Gasteiger partial charge in [0.15, 0.2) is 5.82 Å². The summed E-state index contributed by atoms with van der Waals surface area (Å²) >= 11 is 0. The summed E-state index contributed by atoms with van der Waals surface area (Å²) in [6.07, 6.45) is 7.60. The van der Waals surface area contributed by atoms with Crippen molar-refractivity contribution in [2.24, 2.45) is 17.6 Å². The number of carbonyl (C=O) groups is 1. The van der Waals surface area contributed by atoms with Crippen LogP contribution in [0.4, 0.5) is 10.2 Å². The molecule has 2 saturated carbocycles. The first-order valence-electron chi connectivity index (χ1n) is 12.9. The van der Waals surface area contributed by atoms with E-state index in [1.807, 2.05) is 29.2 Å². The molecular weight excluding hydrogens is 447 g/mol. The lowest BCUT2D eigenvalue weighted by molar-refractivity contribution is -0.123. The number of benzene rings is 1. The average molecular weight is 483 g/mol. The van der Waals surface area contributed by atoms with Crippen LogP contribution in [0.5, 0.6) is 11.6 Å². The Balaban J connectivity index is 1.13. The van der Waals surface area contributed by atoms with Crippen molar-refractivity contribution < 1.29 is 18.7 Å². The zero-order valence-corrected chi connectivity index (χ0v) is 20.4. The van der Waals surface area contributed by atoms with Crippen LogP contribution in [0, 0.1) is 17.7 Å². The Morgan fingerprint density at radius 3 is 2.69 bits per heavy atom. The van der Waals surface area contributed by atoms with Crippen LogP contribution in [0.3, 0.4) is 0 Å². The zero-order chi connectivity index (χ0) is 24.4. The maximum absolute atomic E-state index is 14.9. The van der Waals surface area contributed by atoms with E-state index in [0.717, 1.165) is 49.8 Å². The molecule has 3 fully saturated rings. The molecular formula is C27H35FN4O3. The Morgan fingerprint density at radius 1 is 1.17 bits per heavy atom. The number of aromatic nitrogens is 2. The third-order valence-corrected chi connectivity index (χ3v) is 7.52. The second-order valence-electron chi connectivity index (χ2n) is 10.5. The van der Waals surface area contributed by atoms with E-state index in [-0.39, 0.29) is 35.7 Å². The Hall–Kier alpha value is -2.74. The summed E-state index contributed by atoms with van der Waals surface area (Å²) in [7, 11) is 0. The number of Topliss-reactive ketones (excluding diaryl/α,β-unsaturated/α-hetero) is 1. The van der Waals surface area contributed by atoms with Gasteiger partial charge in [-0.05, 0) is 61.6 Å². The van der Waals surface area contributed by atoms with Gasteiger partial charge in [0.1, 0.15) is 24.0 Å². The van der Waals surface area contributed by atoms with Crippen molar-refractivity contribution in [1.29, 1.82) is 0 Å². The Bertz CT molecular complexity index is 1030. The van der Waals surface area contributed by atoms with Crippen molar-refractivity contribution in [3.63, 3.8) is 0 Å². The maximum Gasteiger partial charge on any atom is 0.255 e. The van der Waals surface area contributed by atoms with Crippen LogP contribution < -0.4 is 20.1 Å². The van der Waals surface area contributed by atoms with E-state index in [4.69, 9.17) is 15.2 Å². The van der Waals surface area contributed by atoms with Crippen molar-refractivity contribution in [3.05, 3.63) is 42.0 Å². The fourth-order valence-corrected chi connectivity index (χ4v) is 5.13. The molecule has 5 rings (SSSR count). The second-order valence-corrected chi connectivity index (χ2v) is 10.5. The van der Waals surface area contributed by atoms with Crippen LogP contribution in [0.15, 0.2) is 30.6 Å². The SMILES string of the molecule is C[C@H](CC(=O)[C@H]1CC[C@@H](N)C1)c1ccc(OC2CCN(c3ncnc(OCC4CC4)c3F)C2)cc1. The Morgan fingerprint density at radius 2 is 1.97 bits per heavy atom. The fourth-order valence-electron chi connectivity index (χ4n) is 5.13. The molecule has 1 aliphatic heterocycles. The summed E-state index contributed by atoms with van der Waals surface area (Å²) in [6, 6.07) is 8.16. The monoisotopic (exact) mass is 482 g/mol. The molecule has 1 aromatic carbocycles. The lowest BCUT2D eigenvalue weighted by Crippen LogP contribution is -2.26. The second kappa shape index (κ2) is 10.5. The van der Waals surface area contributed by atoms with Crippen LogP contribution in [0.25, 0.3) is 0 Å². The molecule has 3 aliphatic rings. The minimum atomic E-state index is -0.499. The van der Waals surface area contributed by atoms with Crippen LogP contribution >= 0.6 is 0 Å². The zero-order valence-electron chi connectivity index (χ0n) is 20.4. The predicted molar refractivity (Wildman–Crippen MR) is 131 cm³/mol. The molecule has 2 N–H and O–H groups in total. The summed E-state index contributed by atoms with van der Waals surface area (Å²) in [5.41, 5.74) is 7.10. The van der Waals surface area contributed by atoms with E-state index in [0.29, 0.717) is 37.8 Å². The van der Waals surface area contributed by atoms with E-state index in [2.05, 4.69) is 16.9 Å². The molecule has 2 heterocycles. The van der Waals surface area contributed by atoms with Crippen LogP contribution in [0.1, 0.15) is 63.4 Å². The van der Waals surface area contributed by atoms with Gasteiger partial charge in [0.05, 0.1) is 13.2 Å². The summed E-state index contributed by atoms with van der Waals surface area (Å²) < 4.78 is 26.6. The van der Waals surface area contributed by atoms with Gasteiger partial charge in [0.25, 0.3) is 5.88 Å². The van der Waals surface area contributed by atoms with Gasteiger partial charge in [-0.1, -0.05) is 19.1 Å². The van der Waals surface area contributed by atoms with Gasteiger partial charge in [0.2, 0.25) is 5.82 Å². The normalized spacial score (nSPS) is 25.0. The molecule has 1 unspecified atom stereocenters. The lowest BCUT2D eigenvalue weighted by atomic mass is 9.90. The molecule has 4 atom stereocenters. The number of ketones is 1. The number of ether oxygens (including phenoxy) is 2. The molecule has 188 valence electrons. The molecule has 0 spiro atoms. The molecule has 2 aromatic rings. The highest BCUT2D eigenvalue weighted by Gasteiger charge is 2.30. The number of nitrogens with two attached hydrogens (primary N) is 1. The van der Waals surface area contributed by atoms with Crippen molar-refractivity contribution in [1.82, 2.24) is 9.97 Å². The van der Waals surface area contributed by atoms with Gasteiger partial charge in [-0.25, -0.2) is 4.98 Å². The van der Waals surface area contributed by atoms with E-state index in [9.17, 15) is 9.18 Å². The minimum Gasteiger partial charge on any atom is -0.489 e. The minimum absolute atomic E-state index is 0.0326. The van der Waals surface area contributed by atoms with E-state index < -0.39 is 5.82 Å². The van der Waals surface area contributed by atoms with Crippen LogP contribution in [-0.4, -0.2) is 47.6 Å². The first-order chi connectivity index (χ1) is 17.0. The third-order valence-electron chi connectivity index (χ3n) is 7.52. The standard InChI is InChI=1S/C27H35FN4O3/c1-17(12-24(33)20-4-7-21(29)13-20)19-5-8-22(9-6-19)35-23-10-11-32(14-23)26-25(28)27(31-16-30-26)34-15-18-2-3-18/h5-6,8-9,16-18,20-21,23H,2-4,7,10-15,29H2,1H3/t17-,20+,21-,23?/m1/s1. The molecule has 0 amide bonds. The smallest absolute Gasteiger partial charge is 0.255 e. The van der Waals surface area contributed by atoms with Crippen molar-refractivity contribution in [2.45, 2.75) is 69.9 Å². The maximum atomic E-state index is 14.9. The molecule has 1 aromatic heterocycles. The average Bonchev–Trinajstić information content (AvgIpc) is 3.40. The van der Waals surface area contributed by atoms with Crippen LogP contribution in [-0.2, 0) is 4.79 Å². The lowest BCUT2D eigenvalue weighted by Gasteiger charge is -2.19. The molecule has 0 bridgehead atoms. The Kier molecular flexibility index (Phi) is 7.18. The highest BCUT2D eigenvalue weighted by atomic mass is 19.1. The quantitative estimate of drug-likeness (QED) is 0.541. The topological polar surface area (TPSA) is 90.6 Å². The summed E-state index contributed by atoms with van der Waals surface area (Å²) in [6.45, 7) is 3.81. The summed E-state index contributed by atoms with van der Waals surface area (Å²) in [5.74, 6) is 1.72. The molecule has 7 nitrogen and oxygen atoms in total. The van der Waals surface area contributed by atoms with Crippen molar-refractivity contribution >= 4 is 11.6 Å². The van der Waals surface area contributed by atoms with Gasteiger partial charge in [0, 0.05) is 31.3 Å². The number of carbonyl (C=O) groups excluding carboxylic acids is 1. The van der Waals surface area contributed by atoms with E-state index in [1.54, 1.807) is 0 Å². The van der Waals surface area contributed by atoms with Gasteiger partial charge in [-0.3, -0.25) is 4.79 Å². The first kappa shape index (κ1) is 24.0. The van der Waals surface area contributed by atoms with Crippen molar-refractivity contribution in [2.75, 3.05) is 24.6 Å². The molecule has 35 heavy (non-hydrogen) atoms. The largest absolute Gasteiger partial charge is 0.489 e. The number of hydrogen-bond acceptors (Lipinski definition) is 7. The molecule has 2 aliphatic carbocycles. The molecule has 0 radical (unpaired) electrons. The number of halogens is 1. The number of nitrogens with zero attached hydrogens (tertiary/aromatic N) is 3. The summed E-state index contributed by atoms with van der Waals surface area (Å²) in [5, 5.41) is 0. The highest BCUT2D eigenvalue weighted by Crippen LogP contribution is 2.33. The Labute approximate surface area is 206 Å². The number of anilines is 1. The van der Waals surface area contributed by atoms with Gasteiger partial charge in [-0.15, -0.1) is 0 Å². The van der Waals surface area contributed by atoms with E-state index >= 15 is 0 Å². The number of rotatable bonds is 10.